The van der Waals surface area contributed by atoms with Crippen LogP contribution in [0.2, 0.25) is 0 Å². The van der Waals surface area contributed by atoms with Crippen molar-refractivity contribution in [1.82, 2.24) is 15.5 Å². The number of urea groups is 1. The van der Waals surface area contributed by atoms with Gasteiger partial charge in [0.1, 0.15) is 5.75 Å². The Bertz CT molecular complexity index is 945. The van der Waals surface area contributed by atoms with Crippen molar-refractivity contribution < 1.29 is 14.1 Å². The van der Waals surface area contributed by atoms with Crippen LogP contribution in [0.4, 0.5) is 10.5 Å². The summed E-state index contributed by atoms with van der Waals surface area (Å²) in [5.41, 5.74) is 2.48. The first-order chi connectivity index (χ1) is 13.5. The predicted octanol–water partition coefficient (Wildman–Crippen LogP) is 4.45. The van der Waals surface area contributed by atoms with E-state index in [1.807, 2.05) is 56.3 Å². The molecule has 3 rings (SSSR count). The molecule has 2 N–H and O–H groups in total. The molecule has 3 aromatic rings. The fourth-order valence-electron chi connectivity index (χ4n) is 2.43. The summed E-state index contributed by atoms with van der Waals surface area (Å²) in [6, 6.07) is 14.7. The van der Waals surface area contributed by atoms with Gasteiger partial charge in [-0.05, 0) is 61.9 Å². The molecule has 0 unspecified atom stereocenters. The number of nitrogens with one attached hydrogen (secondary N) is 2. The number of rotatable bonds is 6. The molecule has 2 amide bonds. The Morgan fingerprint density at radius 2 is 1.79 bits per heavy atom. The smallest absolute Gasteiger partial charge is 0.319 e. The van der Waals surface area contributed by atoms with E-state index in [4.69, 9.17) is 9.26 Å². The second-order valence-corrected chi connectivity index (χ2v) is 6.39. The van der Waals surface area contributed by atoms with Gasteiger partial charge in [0, 0.05) is 23.4 Å². The average molecular weight is 378 g/mol. The molecule has 0 aliphatic rings. The van der Waals surface area contributed by atoms with Gasteiger partial charge in [-0.3, -0.25) is 0 Å². The molecule has 7 nitrogen and oxygen atoms in total. The fourth-order valence-corrected chi connectivity index (χ4v) is 2.43. The van der Waals surface area contributed by atoms with E-state index in [1.54, 1.807) is 25.3 Å². The predicted molar refractivity (Wildman–Crippen MR) is 109 cm³/mol. The molecule has 1 heterocycles. The Hall–Kier alpha value is -3.61. The van der Waals surface area contributed by atoms with Gasteiger partial charge >= 0.3 is 6.03 Å². The van der Waals surface area contributed by atoms with E-state index >= 15 is 0 Å². The van der Waals surface area contributed by atoms with E-state index in [-0.39, 0.29) is 12.1 Å². The molecule has 2 aromatic carbocycles. The van der Waals surface area contributed by atoms with Crippen LogP contribution >= 0.6 is 0 Å². The third-order valence-electron chi connectivity index (χ3n) is 3.80. The number of carbonyl (C=O) groups excluding carboxylic acids is 1. The number of methoxy groups -OCH3 is 1. The van der Waals surface area contributed by atoms with Crippen LogP contribution in [-0.2, 0) is 0 Å². The van der Waals surface area contributed by atoms with E-state index < -0.39 is 0 Å². The molecular weight excluding hydrogens is 356 g/mol. The van der Waals surface area contributed by atoms with E-state index in [0.29, 0.717) is 17.4 Å². The minimum atomic E-state index is -0.242. The van der Waals surface area contributed by atoms with Crippen LogP contribution in [0.25, 0.3) is 23.5 Å². The first kappa shape index (κ1) is 19.2. The Kier molecular flexibility index (Phi) is 6.06. The second kappa shape index (κ2) is 8.85. The molecule has 0 atom stereocenters. The number of anilines is 1. The Balaban J connectivity index is 1.64. The summed E-state index contributed by atoms with van der Waals surface area (Å²) in [5, 5.41) is 9.54. The molecule has 0 saturated carbocycles. The topological polar surface area (TPSA) is 89.3 Å². The zero-order chi connectivity index (χ0) is 19.9. The van der Waals surface area contributed by atoms with E-state index in [9.17, 15) is 4.79 Å². The lowest BCUT2D eigenvalue weighted by Gasteiger charge is -2.10. The van der Waals surface area contributed by atoms with Gasteiger partial charge in [0.15, 0.2) is 0 Å². The van der Waals surface area contributed by atoms with E-state index in [2.05, 4.69) is 20.8 Å². The highest BCUT2D eigenvalue weighted by Crippen LogP contribution is 2.20. The van der Waals surface area contributed by atoms with Crippen LogP contribution in [-0.4, -0.2) is 29.3 Å². The fraction of sp³-hybridized carbons (Fsp3) is 0.190. The van der Waals surface area contributed by atoms with Crippen LogP contribution in [0.3, 0.4) is 0 Å². The Morgan fingerprint density at radius 3 is 2.43 bits per heavy atom. The summed E-state index contributed by atoms with van der Waals surface area (Å²) in [4.78, 5) is 16.1. The van der Waals surface area contributed by atoms with Crippen molar-refractivity contribution in [1.29, 1.82) is 0 Å². The number of hydrogen-bond donors (Lipinski definition) is 2. The largest absolute Gasteiger partial charge is 0.497 e. The molecular formula is C21H22N4O3. The molecule has 0 aliphatic carbocycles. The van der Waals surface area contributed by atoms with E-state index in [0.717, 1.165) is 16.9 Å². The van der Waals surface area contributed by atoms with Crippen LogP contribution in [0, 0.1) is 0 Å². The number of nitrogens with zero attached hydrogens (tertiary/aromatic N) is 2. The summed E-state index contributed by atoms with van der Waals surface area (Å²) in [6.45, 7) is 3.80. The summed E-state index contributed by atoms with van der Waals surface area (Å²) in [6.07, 6.45) is 3.64. The van der Waals surface area contributed by atoms with Crippen molar-refractivity contribution in [2.75, 3.05) is 12.4 Å². The summed E-state index contributed by atoms with van der Waals surface area (Å²) in [7, 11) is 1.63. The van der Waals surface area contributed by atoms with Crippen molar-refractivity contribution in [3.05, 3.63) is 60.0 Å². The number of carbonyl (C=O) groups is 1. The van der Waals surface area contributed by atoms with Crippen molar-refractivity contribution >= 4 is 23.9 Å². The van der Waals surface area contributed by atoms with Gasteiger partial charge in [0.2, 0.25) is 5.82 Å². The SMILES string of the molecule is COc1ccc(C=Cc2nc(-c3ccc(NC(=O)NC(C)C)cc3)no2)cc1. The minimum Gasteiger partial charge on any atom is -0.497 e. The van der Waals surface area contributed by atoms with Crippen LogP contribution in [0.15, 0.2) is 53.1 Å². The first-order valence-corrected chi connectivity index (χ1v) is 8.87. The van der Waals surface area contributed by atoms with Crippen molar-refractivity contribution in [3.8, 4) is 17.1 Å². The summed E-state index contributed by atoms with van der Waals surface area (Å²) < 4.78 is 10.4. The first-order valence-electron chi connectivity index (χ1n) is 8.87. The molecule has 144 valence electrons. The van der Waals surface area contributed by atoms with Crippen molar-refractivity contribution in [3.63, 3.8) is 0 Å². The number of aromatic nitrogens is 2. The molecule has 0 aliphatic heterocycles. The van der Waals surface area contributed by atoms with Gasteiger partial charge < -0.3 is 19.9 Å². The number of benzene rings is 2. The molecule has 1 aromatic heterocycles. The van der Waals surface area contributed by atoms with Crippen molar-refractivity contribution in [2.45, 2.75) is 19.9 Å². The monoisotopic (exact) mass is 378 g/mol. The molecule has 0 fully saturated rings. The molecule has 0 radical (unpaired) electrons. The zero-order valence-electron chi connectivity index (χ0n) is 16.0. The molecule has 0 bridgehead atoms. The molecule has 7 heteroatoms. The standard InChI is InChI=1S/C21H22N4O3/c1-14(2)22-21(26)23-17-9-7-16(8-10-17)20-24-19(28-25-20)13-6-15-4-11-18(27-3)12-5-15/h4-14H,1-3H3,(H2,22,23,26). The van der Waals surface area contributed by atoms with Crippen LogP contribution < -0.4 is 15.4 Å². The number of amides is 2. The maximum Gasteiger partial charge on any atom is 0.319 e. The highest BCUT2D eigenvalue weighted by atomic mass is 16.5. The maximum atomic E-state index is 11.7. The lowest BCUT2D eigenvalue weighted by Crippen LogP contribution is -2.34. The van der Waals surface area contributed by atoms with Crippen LogP contribution in [0.1, 0.15) is 25.3 Å². The summed E-state index contributed by atoms with van der Waals surface area (Å²) in [5.74, 6) is 1.69. The van der Waals surface area contributed by atoms with Gasteiger partial charge in [0.05, 0.1) is 7.11 Å². The molecule has 0 saturated heterocycles. The van der Waals surface area contributed by atoms with Crippen LogP contribution in [0.5, 0.6) is 5.75 Å². The Morgan fingerprint density at radius 1 is 1.07 bits per heavy atom. The quantitative estimate of drug-likeness (QED) is 0.662. The zero-order valence-corrected chi connectivity index (χ0v) is 16.0. The maximum absolute atomic E-state index is 11.7. The molecule has 0 spiro atoms. The lowest BCUT2D eigenvalue weighted by atomic mass is 10.2. The molecule has 28 heavy (non-hydrogen) atoms. The Labute approximate surface area is 163 Å². The number of hydrogen-bond acceptors (Lipinski definition) is 5. The highest BCUT2D eigenvalue weighted by Gasteiger charge is 2.08. The second-order valence-electron chi connectivity index (χ2n) is 6.39. The number of ether oxygens (including phenoxy) is 1. The third kappa shape index (κ3) is 5.20. The van der Waals surface area contributed by atoms with Gasteiger partial charge in [-0.15, -0.1) is 0 Å². The van der Waals surface area contributed by atoms with Gasteiger partial charge in [-0.25, -0.2) is 4.79 Å². The highest BCUT2D eigenvalue weighted by molar-refractivity contribution is 5.89. The van der Waals surface area contributed by atoms with Gasteiger partial charge in [-0.2, -0.15) is 4.98 Å². The van der Waals surface area contributed by atoms with E-state index in [1.165, 1.54) is 0 Å². The van der Waals surface area contributed by atoms with Gasteiger partial charge in [-0.1, -0.05) is 17.3 Å². The summed E-state index contributed by atoms with van der Waals surface area (Å²) >= 11 is 0. The van der Waals surface area contributed by atoms with Gasteiger partial charge in [0.25, 0.3) is 5.89 Å². The van der Waals surface area contributed by atoms with Crippen molar-refractivity contribution in [2.24, 2.45) is 0 Å². The lowest BCUT2D eigenvalue weighted by molar-refractivity contribution is 0.250. The normalized spacial score (nSPS) is 11.0. The average Bonchev–Trinajstić information content (AvgIpc) is 3.16. The minimum absolute atomic E-state index is 0.0722. The third-order valence-corrected chi connectivity index (χ3v) is 3.80.